The SMILES string of the molecule is NC(=S)C1CCCN1C(=O)CCOCC(F)F. The van der Waals surface area contributed by atoms with Crippen LogP contribution in [0.3, 0.4) is 0 Å². The molecule has 1 aliphatic heterocycles. The fraction of sp³-hybridized carbons (Fsp3) is 0.800. The van der Waals surface area contributed by atoms with Crippen molar-refractivity contribution in [2.24, 2.45) is 5.73 Å². The number of hydrogen-bond acceptors (Lipinski definition) is 3. The molecule has 0 aromatic carbocycles. The van der Waals surface area contributed by atoms with Gasteiger partial charge < -0.3 is 15.4 Å². The van der Waals surface area contributed by atoms with Crippen LogP contribution in [0.1, 0.15) is 19.3 Å². The number of carbonyl (C=O) groups excluding carboxylic acids is 1. The van der Waals surface area contributed by atoms with Crippen molar-refractivity contribution in [3.8, 4) is 0 Å². The summed E-state index contributed by atoms with van der Waals surface area (Å²) in [5.41, 5.74) is 5.53. The number of alkyl halides is 2. The predicted molar refractivity (Wildman–Crippen MR) is 63.0 cm³/mol. The van der Waals surface area contributed by atoms with Gasteiger partial charge in [-0.15, -0.1) is 0 Å². The van der Waals surface area contributed by atoms with E-state index in [1.165, 1.54) is 0 Å². The maximum Gasteiger partial charge on any atom is 0.261 e. The molecule has 1 unspecified atom stereocenters. The highest BCUT2D eigenvalue weighted by molar-refractivity contribution is 7.80. The zero-order valence-electron chi connectivity index (χ0n) is 9.40. The zero-order valence-corrected chi connectivity index (χ0v) is 10.2. The standard InChI is InChI=1S/C10H16F2N2O2S/c11-8(12)6-16-5-3-9(15)14-4-1-2-7(14)10(13)17/h7-8H,1-6H2,(H2,13,17). The first kappa shape index (κ1) is 14.2. The summed E-state index contributed by atoms with van der Waals surface area (Å²) in [7, 11) is 0. The van der Waals surface area contributed by atoms with E-state index in [-0.39, 0.29) is 25.0 Å². The summed E-state index contributed by atoms with van der Waals surface area (Å²) in [6.45, 7) is -0.00851. The number of hydrogen-bond donors (Lipinski definition) is 1. The largest absolute Gasteiger partial charge is 0.392 e. The van der Waals surface area contributed by atoms with Crippen molar-refractivity contribution in [2.45, 2.75) is 31.7 Å². The lowest BCUT2D eigenvalue weighted by Crippen LogP contribution is -2.43. The minimum absolute atomic E-state index is 0.00370. The Morgan fingerprint density at radius 3 is 2.88 bits per heavy atom. The third-order valence-electron chi connectivity index (χ3n) is 2.61. The first-order valence-electron chi connectivity index (χ1n) is 5.47. The fourth-order valence-corrected chi connectivity index (χ4v) is 2.08. The van der Waals surface area contributed by atoms with Crippen LogP contribution >= 0.6 is 12.2 Å². The molecule has 1 heterocycles. The minimum atomic E-state index is -2.50. The predicted octanol–water partition coefficient (Wildman–Crippen LogP) is 0.935. The van der Waals surface area contributed by atoms with Crippen LogP contribution in [0.15, 0.2) is 0 Å². The van der Waals surface area contributed by atoms with E-state index < -0.39 is 13.0 Å². The van der Waals surface area contributed by atoms with Gasteiger partial charge in [-0.1, -0.05) is 12.2 Å². The Labute approximate surface area is 104 Å². The van der Waals surface area contributed by atoms with Crippen LogP contribution in [-0.2, 0) is 9.53 Å². The Kier molecular flexibility index (Phi) is 5.70. The maximum absolute atomic E-state index is 11.8. The van der Waals surface area contributed by atoms with Gasteiger partial charge in [-0.05, 0) is 12.8 Å². The first-order chi connectivity index (χ1) is 8.02. The van der Waals surface area contributed by atoms with E-state index in [0.29, 0.717) is 11.5 Å². The Balaban J connectivity index is 2.29. The summed E-state index contributed by atoms with van der Waals surface area (Å²) in [6.07, 6.45) is -0.766. The maximum atomic E-state index is 11.8. The molecule has 17 heavy (non-hydrogen) atoms. The fourth-order valence-electron chi connectivity index (χ4n) is 1.84. The average molecular weight is 266 g/mol. The van der Waals surface area contributed by atoms with Gasteiger partial charge in [0, 0.05) is 6.54 Å². The van der Waals surface area contributed by atoms with Crippen molar-refractivity contribution in [2.75, 3.05) is 19.8 Å². The lowest BCUT2D eigenvalue weighted by Gasteiger charge is -2.23. The first-order valence-corrected chi connectivity index (χ1v) is 5.88. The van der Waals surface area contributed by atoms with Gasteiger partial charge in [0.1, 0.15) is 6.61 Å². The smallest absolute Gasteiger partial charge is 0.261 e. The van der Waals surface area contributed by atoms with E-state index in [4.69, 9.17) is 18.0 Å². The molecule has 1 atom stereocenters. The average Bonchev–Trinajstić information content (AvgIpc) is 2.72. The Hall–Kier alpha value is -0.820. The summed E-state index contributed by atoms with van der Waals surface area (Å²) in [4.78, 5) is 13.7. The van der Waals surface area contributed by atoms with Gasteiger partial charge in [0.15, 0.2) is 0 Å². The van der Waals surface area contributed by atoms with Crippen molar-refractivity contribution in [3.63, 3.8) is 0 Å². The van der Waals surface area contributed by atoms with E-state index in [1.54, 1.807) is 4.90 Å². The number of carbonyl (C=O) groups is 1. The van der Waals surface area contributed by atoms with Crippen LogP contribution in [0.4, 0.5) is 8.78 Å². The second kappa shape index (κ2) is 6.80. The molecule has 0 radical (unpaired) electrons. The molecule has 98 valence electrons. The molecule has 2 N–H and O–H groups in total. The molecule has 0 aromatic rings. The number of nitrogens with zero attached hydrogens (tertiary/aromatic N) is 1. The Bertz CT molecular complexity index is 289. The van der Waals surface area contributed by atoms with Gasteiger partial charge in [-0.2, -0.15) is 0 Å². The number of thiocarbonyl (C=S) groups is 1. The van der Waals surface area contributed by atoms with Crippen LogP contribution in [-0.4, -0.2) is 48.0 Å². The van der Waals surface area contributed by atoms with Crippen molar-refractivity contribution in [3.05, 3.63) is 0 Å². The van der Waals surface area contributed by atoms with Crippen LogP contribution in [0.2, 0.25) is 0 Å². The highest BCUT2D eigenvalue weighted by Gasteiger charge is 2.30. The third kappa shape index (κ3) is 4.51. The lowest BCUT2D eigenvalue weighted by molar-refractivity contribution is -0.132. The van der Waals surface area contributed by atoms with Crippen LogP contribution in [0.25, 0.3) is 0 Å². The summed E-state index contributed by atoms with van der Waals surface area (Å²) in [5, 5.41) is 0. The summed E-state index contributed by atoms with van der Waals surface area (Å²) in [5.74, 6) is -0.144. The third-order valence-corrected chi connectivity index (χ3v) is 2.88. The topological polar surface area (TPSA) is 55.6 Å². The molecular formula is C10H16F2N2O2S. The molecule has 0 spiro atoms. The quantitative estimate of drug-likeness (QED) is 0.574. The molecule has 1 aliphatic rings. The Morgan fingerprint density at radius 1 is 1.59 bits per heavy atom. The molecule has 1 saturated heterocycles. The molecule has 0 saturated carbocycles. The zero-order chi connectivity index (χ0) is 12.8. The summed E-state index contributed by atoms with van der Waals surface area (Å²) >= 11 is 4.87. The molecule has 1 amide bonds. The molecule has 0 bridgehead atoms. The van der Waals surface area contributed by atoms with E-state index in [2.05, 4.69) is 4.74 Å². The summed E-state index contributed by atoms with van der Waals surface area (Å²) in [6, 6.07) is -0.187. The van der Waals surface area contributed by atoms with Gasteiger partial charge in [0.25, 0.3) is 6.43 Å². The van der Waals surface area contributed by atoms with E-state index >= 15 is 0 Å². The number of rotatable bonds is 6. The normalized spacial score (nSPS) is 19.9. The minimum Gasteiger partial charge on any atom is -0.392 e. The van der Waals surface area contributed by atoms with Gasteiger partial charge >= 0.3 is 0 Å². The highest BCUT2D eigenvalue weighted by atomic mass is 32.1. The molecular weight excluding hydrogens is 250 g/mol. The number of halogens is 2. The molecule has 0 aliphatic carbocycles. The monoisotopic (exact) mass is 266 g/mol. The molecule has 1 fully saturated rings. The van der Waals surface area contributed by atoms with Crippen LogP contribution in [0.5, 0.6) is 0 Å². The van der Waals surface area contributed by atoms with Gasteiger partial charge in [-0.3, -0.25) is 4.79 Å². The lowest BCUT2D eigenvalue weighted by atomic mass is 10.2. The number of nitrogens with two attached hydrogens (primary N) is 1. The number of amides is 1. The molecule has 1 rings (SSSR count). The summed E-state index contributed by atoms with van der Waals surface area (Å²) < 4.78 is 28.2. The molecule has 0 aromatic heterocycles. The van der Waals surface area contributed by atoms with Crippen molar-refractivity contribution >= 4 is 23.1 Å². The van der Waals surface area contributed by atoms with Gasteiger partial charge in [0.05, 0.1) is 24.1 Å². The Morgan fingerprint density at radius 2 is 2.29 bits per heavy atom. The number of likely N-dealkylation sites (tertiary alicyclic amines) is 1. The van der Waals surface area contributed by atoms with Crippen molar-refractivity contribution in [1.82, 2.24) is 4.90 Å². The van der Waals surface area contributed by atoms with E-state index in [1.807, 2.05) is 0 Å². The second-order valence-corrected chi connectivity index (χ2v) is 4.33. The molecule has 4 nitrogen and oxygen atoms in total. The van der Waals surface area contributed by atoms with Crippen LogP contribution < -0.4 is 5.73 Å². The van der Waals surface area contributed by atoms with Gasteiger partial charge in [0.2, 0.25) is 5.91 Å². The van der Waals surface area contributed by atoms with Gasteiger partial charge in [-0.25, -0.2) is 8.78 Å². The van der Waals surface area contributed by atoms with Crippen molar-refractivity contribution < 1.29 is 18.3 Å². The van der Waals surface area contributed by atoms with Crippen molar-refractivity contribution in [1.29, 1.82) is 0 Å². The molecule has 7 heteroatoms. The highest BCUT2D eigenvalue weighted by Crippen LogP contribution is 2.18. The van der Waals surface area contributed by atoms with E-state index in [0.717, 1.165) is 12.8 Å². The number of ether oxygens (including phenoxy) is 1. The van der Waals surface area contributed by atoms with E-state index in [9.17, 15) is 13.6 Å². The second-order valence-electron chi connectivity index (χ2n) is 3.86. The van der Waals surface area contributed by atoms with Crippen LogP contribution in [0, 0.1) is 0 Å².